The van der Waals surface area contributed by atoms with E-state index in [2.05, 4.69) is 83.1 Å². The van der Waals surface area contributed by atoms with Crippen molar-refractivity contribution < 1.29 is 0 Å². The summed E-state index contributed by atoms with van der Waals surface area (Å²) in [4.78, 5) is 14.1. The minimum atomic E-state index is 0.0744. The van der Waals surface area contributed by atoms with Gasteiger partial charge in [0.05, 0.1) is 0 Å². The molecule has 1 saturated heterocycles. The molecule has 1 aliphatic rings. The van der Waals surface area contributed by atoms with Crippen LogP contribution in [0.3, 0.4) is 0 Å². The van der Waals surface area contributed by atoms with Gasteiger partial charge in [-0.2, -0.15) is 0 Å². The molecule has 0 unspecified atom stereocenters. The van der Waals surface area contributed by atoms with Gasteiger partial charge < -0.3 is 15.1 Å². The van der Waals surface area contributed by atoms with Crippen LogP contribution in [0, 0.1) is 6.92 Å². The number of para-hydroxylation sites is 1. The summed E-state index contributed by atoms with van der Waals surface area (Å²) in [5, 5.41) is 3.53. The molecule has 1 aromatic carbocycles. The van der Waals surface area contributed by atoms with Gasteiger partial charge in [0.15, 0.2) is 0 Å². The van der Waals surface area contributed by atoms with Gasteiger partial charge in [0.1, 0.15) is 17.5 Å². The molecule has 0 atom stereocenters. The Balaban J connectivity index is 1.83. The summed E-state index contributed by atoms with van der Waals surface area (Å²) in [6.07, 6.45) is 0. The van der Waals surface area contributed by atoms with Crippen LogP contribution in [0.1, 0.15) is 39.1 Å². The van der Waals surface area contributed by atoms with Gasteiger partial charge in [0.25, 0.3) is 0 Å². The molecule has 1 N–H and O–H groups in total. The smallest absolute Gasteiger partial charge is 0.136 e. The normalized spacial score (nSPS) is 16.0. The number of nitrogens with zero attached hydrogens (tertiary/aromatic N) is 4. The summed E-state index contributed by atoms with van der Waals surface area (Å²) in [5.74, 6) is 2.68. The number of aromatic nitrogens is 2. The number of likely N-dealkylation sites (N-methyl/N-ethyl adjacent to an activating group) is 1. The summed E-state index contributed by atoms with van der Waals surface area (Å²) in [5.41, 5.74) is 2.47. The highest BCUT2D eigenvalue weighted by Gasteiger charge is 2.20. The number of piperazine rings is 1. The predicted octanol–water partition coefficient (Wildman–Crippen LogP) is 3.97. The number of nitrogens with one attached hydrogen (secondary N) is 1. The minimum absolute atomic E-state index is 0.0744. The lowest BCUT2D eigenvalue weighted by molar-refractivity contribution is 0.270. The zero-order chi connectivity index (χ0) is 18.7. The number of hydrogen-bond donors (Lipinski definition) is 1. The second-order valence-corrected chi connectivity index (χ2v) is 8.00. The molecule has 0 aliphatic carbocycles. The first-order valence-corrected chi connectivity index (χ1v) is 9.56. The van der Waals surface area contributed by atoms with Crippen LogP contribution in [-0.2, 0) is 5.41 Å². The van der Waals surface area contributed by atoms with Crippen LogP contribution in [0.4, 0.5) is 17.3 Å². The fourth-order valence-electron chi connectivity index (χ4n) is 3.46. The summed E-state index contributed by atoms with van der Waals surface area (Å²) in [7, 11) is 0. The van der Waals surface area contributed by atoms with Gasteiger partial charge >= 0.3 is 0 Å². The van der Waals surface area contributed by atoms with Crippen molar-refractivity contribution in [2.45, 2.75) is 40.0 Å². The van der Waals surface area contributed by atoms with E-state index < -0.39 is 0 Å². The zero-order valence-corrected chi connectivity index (χ0v) is 16.7. The van der Waals surface area contributed by atoms with E-state index in [9.17, 15) is 0 Å². The highest BCUT2D eigenvalue weighted by Crippen LogP contribution is 2.31. The SMILES string of the molecule is CCN1CCN(c2cc(Nc3ccccc3C(C)(C)C)nc(C)n2)CC1. The van der Waals surface area contributed by atoms with Crippen molar-refractivity contribution in [2.24, 2.45) is 0 Å². The van der Waals surface area contributed by atoms with Crippen LogP contribution in [0.2, 0.25) is 0 Å². The van der Waals surface area contributed by atoms with E-state index in [0.717, 1.165) is 55.9 Å². The maximum atomic E-state index is 4.68. The topological polar surface area (TPSA) is 44.3 Å². The first-order chi connectivity index (χ1) is 12.4. The molecular formula is C21H31N5. The van der Waals surface area contributed by atoms with Gasteiger partial charge in [-0.25, -0.2) is 9.97 Å². The molecule has 26 heavy (non-hydrogen) atoms. The summed E-state index contributed by atoms with van der Waals surface area (Å²) < 4.78 is 0. The molecule has 5 heteroatoms. The number of benzene rings is 1. The van der Waals surface area contributed by atoms with E-state index in [0.29, 0.717) is 0 Å². The number of aryl methyl sites for hydroxylation is 1. The Morgan fingerprint density at radius 2 is 1.73 bits per heavy atom. The molecule has 0 bridgehead atoms. The molecule has 0 radical (unpaired) electrons. The fourth-order valence-corrected chi connectivity index (χ4v) is 3.46. The van der Waals surface area contributed by atoms with Gasteiger partial charge in [-0.05, 0) is 30.5 Å². The Morgan fingerprint density at radius 1 is 1.04 bits per heavy atom. The van der Waals surface area contributed by atoms with Gasteiger partial charge in [-0.15, -0.1) is 0 Å². The average Bonchev–Trinajstić information content (AvgIpc) is 2.61. The minimum Gasteiger partial charge on any atom is -0.354 e. The predicted molar refractivity (Wildman–Crippen MR) is 110 cm³/mol. The van der Waals surface area contributed by atoms with Crippen molar-refractivity contribution in [1.29, 1.82) is 0 Å². The summed E-state index contributed by atoms with van der Waals surface area (Å²) >= 11 is 0. The van der Waals surface area contributed by atoms with Crippen LogP contribution < -0.4 is 10.2 Å². The largest absolute Gasteiger partial charge is 0.354 e. The van der Waals surface area contributed by atoms with Crippen LogP contribution in [0.5, 0.6) is 0 Å². The summed E-state index contributed by atoms with van der Waals surface area (Å²) in [6.45, 7) is 16.2. The Labute approximate surface area is 157 Å². The van der Waals surface area contributed by atoms with Crippen molar-refractivity contribution in [3.05, 3.63) is 41.7 Å². The molecule has 2 aromatic rings. The lowest BCUT2D eigenvalue weighted by Crippen LogP contribution is -2.46. The molecule has 3 rings (SSSR count). The second-order valence-electron chi connectivity index (χ2n) is 8.00. The van der Waals surface area contributed by atoms with Crippen molar-refractivity contribution in [3.63, 3.8) is 0 Å². The lowest BCUT2D eigenvalue weighted by atomic mass is 9.86. The van der Waals surface area contributed by atoms with Crippen LogP contribution in [-0.4, -0.2) is 47.6 Å². The van der Waals surface area contributed by atoms with Gasteiger partial charge in [0.2, 0.25) is 0 Å². The molecule has 140 valence electrons. The third-order valence-electron chi connectivity index (χ3n) is 4.97. The molecule has 0 amide bonds. The van der Waals surface area contributed by atoms with E-state index in [1.165, 1.54) is 5.56 Å². The van der Waals surface area contributed by atoms with E-state index >= 15 is 0 Å². The molecule has 0 spiro atoms. The van der Waals surface area contributed by atoms with Crippen LogP contribution in [0.15, 0.2) is 30.3 Å². The maximum absolute atomic E-state index is 4.68. The van der Waals surface area contributed by atoms with E-state index in [1.807, 2.05) is 6.92 Å². The Hall–Kier alpha value is -2.14. The third kappa shape index (κ3) is 4.33. The summed E-state index contributed by atoms with van der Waals surface area (Å²) in [6, 6.07) is 10.5. The number of rotatable bonds is 4. The molecule has 5 nitrogen and oxygen atoms in total. The van der Waals surface area contributed by atoms with Crippen molar-refractivity contribution in [3.8, 4) is 0 Å². The van der Waals surface area contributed by atoms with E-state index in [1.54, 1.807) is 0 Å². The monoisotopic (exact) mass is 353 g/mol. The molecular weight excluding hydrogens is 322 g/mol. The van der Waals surface area contributed by atoms with Crippen LogP contribution >= 0.6 is 0 Å². The zero-order valence-electron chi connectivity index (χ0n) is 16.7. The number of hydrogen-bond acceptors (Lipinski definition) is 5. The highest BCUT2D eigenvalue weighted by molar-refractivity contribution is 5.64. The van der Waals surface area contributed by atoms with Crippen LogP contribution in [0.25, 0.3) is 0 Å². The Bertz CT molecular complexity index is 742. The second kappa shape index (κ2) is 7.62. The Morgan fingerprint density at radius 3 is 2.38 bits per heavy atom. The fraction of sp³-hybridized carbons (Fsp3) is 0.524. The maximum Gasteiger partial charge on any atom is 0.136 e. The van der Waals surface area contributed by atoms with Crippen molar-refractivity contribution in [2.75, 3.05) is 42.9 Å². The van der Waals surface area contributed by atoms with Gasteiger partial charge in [-0.1, -0.05) is 45.9 Å². The molecule has 1 aromatic heterocycles. The Kier molecular flexibility index (Phi) is 5.47. The van der Waals surface area contributed by atoms with Crippen molar-refractivity contribution in [1.82, 2.24) is 14.9 Å². The van der Waals surface area contributed by atoms with E-state index in [4.69, 9.17) is 0 Å². The molecule has 2 heterocycles. The van der Waals surface area contributed by atoms with Crippen molar-refractivity contribution >= 4 is 17.3 Å². The average molecular weight is 354 g/mol. The van der Waals surface area contributed by atoms with E-state index in [-0.39, 0.29) is 5.41 Å². The lowest BCUT2D eigenvalue weighted by Gasteiger charge is -2.35. The first kappa shape index (κ1) is 18.6. The van der Waals surface area contributed by atoms with Gasteiger partial charge in [-0.3, -0.25) is 0 Å². The third-order valence-corrected chi connectivity index (χ3v) is 4.97. The van der Waals surface area contributed by atoms with Gasteiger partial charge in [0, 0.05) is 37.9 Å². The quantitative estimate of drug-likeness (QED) is 0.901. The highest BCUT2D eigenvalue weighted by atomic mass is 15.3. The standard InChI is InChI=1S/C21H31N5/c1-6-25-11-13-26(14-12-25)20-15-19(22-16(2)23-20)24-18-10-8-7-9-17(18)21(3,4)5/h7-10,15H,6,11-14H2,1-5H3,(H,22,23,24). The number of anilines is 3. The molecule has 1 fully saturated rings. The molecule has 0 saturated carbocycles. The molecule has 1 aliphatic heterocycles. The first-order valence-electron chi connectivity index (χ1n) is 9.56.